The van der Waals surface area contributed by atoms with Crippen molar-refractivity contribution >= 4 is 11.6 Å². The first kappa shape index (κ1) is 18.5. The first-order valence-corrected chi connectivity index (χ1v) is 10.2. The van der Waals surface area contributed by atoms with Crippen molar-refractivity contribution in [3.63, 3.8) is 0 Å². The molecule has 23 heavy (non-hydrogen) atoms. The molecule has 2 aromatic rings. The second-order valence-corrected chi connectivity index (χ2v) is 9.37. The number of halogens is 2. The minimum Gasteiger partial charge on any atom is -1.00 e. The number of fused-ring (bicyclic) bond motifs is 1. The number of hydrogen-bond acceptors (Lipinski definition) is 0. The monoisotopic (exact) mass is 416 g/mol. The summed E-state index contributed by atoms with van der Waals surface area (Å²) in [7, 11) is 0. The Bertz CT molecular complexity index is 735. The maximum Gasteiger partial charge on any atom is -1.00 e. The number of allylic oxidation sites excluding steroid dienone is 5. The number of hydrogen-bond donors (Lipinski definition) is 0. The Kier molecular flexibility index (Phi) is 6.65. The molecule has 2 aliphatic rings. The molecule has 4 rings (SSSR count). The summed E-state index contributed by atoms with van der Waals surface area (Å²) < 4.78 is 1.40. The normalized spacial score (nSPS) is 17.7. The van der Waals surface area contributed by atoms with Gasteiger partial charge in [-0.05, 0) is 0 Å². The van der Waals surface area contributed by atoms with Crippen LogP contribution in [0.2, 0.25) is 3.63 Å². The van der Waals surface area contributed by atoms with Gasteiger partial charge in [0.2, 0.25) is 0 Å². The van der Waals surface area contributed by atoms with E-state index < -0.39 is 23.2 Å². The minimum absolute atomic E-state index is 0. The Morgan fingerprint density at radius 1 is 0.739 bits per heavy atom. The molecule has 0 nitrogen and oxygen atoms in total. The molecule has 0 saturated heterocycles. The first-order chi connectivity index (χ1) is 10.4. The molecule has 0 radical (unpaired) electrons. The molecule has 0 spiro atoms. The van der Waals surface area contributed by atoms with Crippen molar-refractivity contribution in [3.05, 3.63) is 95.6 Å². The Balaban J connectivity index is 0.000000960. The third-order valence-corrected chi connectivity index (χ3v) is 8.38. The molecule has 0 bridgehead atoms. The largest absolute Gasteiger partial charge is 1.00 e. The van der Waals surface area contributed by atoms with Crippen molar-refractivity contribution < 1.29 is 48.0 Å². The van der Waals surface area contributed by atoms with Gasteiger partial charge in [0, 0.05) is 0 Å². The van der Waals surface area contributed by atoms with Crippen LogP contribution in [0.3, 0.4) is 0 Å². The van der Waals surface area contributed by atoms with Crippen molar-refractivity contribution in [1.82, 2.24) is 0 Å². The summed E-state index contributed by atoms with van der Waals surface area (Å²) in [6.45, 7) is 0. The van der Waals surface area contributed by atoms with Crippen LogP contribution >= 0.6 is 0 Å². The van der Waals surface area contributed by atoms with Crippen LogP contribution in [0.1, 0.15) is 20.3 Å². The van der Waals surface area contributed by atoms with Crippen molar-refractivity contribution in [2.45, 2.75) is 7.25 Å². The zero-order chi connectivity index (χ0) is 14.1. The maximum absolute atomic E-state index is 2.42. The van der Waals surface area contributed by atoms with Crippen LogP contribution in [-0.4, -0.2) is 0 Å². The van der Waals surface area contributed by atoms with E-state index in [-0.39, 0.29) is 24.8 Å². The predicted octanol–water partition coefficient (Wildman–Crippen LogP) is -0.713. The van der Waals surface area contributed by atoms with Gasteiger partial charge in [0.05, 0.1) is 0 Å². The van der Waals surface area contributed by atoms with Crippen molar-refractivity contribution in [2.24, 2.45) is 0 Å². The quantitative estimate of drug-likeness (QED) is 0.618. The number of rotatable bonds is 3. The van der Waals surface area contributed by atoms with Crippen LogP contribution in [0.15, 0.2) is 78.9 Å². The fourth-order valence-corrected chi connectivity index (χ4v) is 7.30. The second kappa shape index (κ2) is 8.29. The van der Waals surface area contributed by atoms with E-state index in [1.165, 1.54) is 16.7 Å². The van der Waals surface area contributed by atoms with Crippen LogP contribution in [0.5, 0.6) is 0 Å². The second-order valence-electron chi connectivity index (χ2n) is 5.49. The van der Waals surface area contributed by atoms with Gasteiger partial charge >= 0.3 is 138 Å². The Morgan fingerprint density at radius 2 is 1.39 bits per heavy atom. The van der Waals surface area contributed by atoms with Crippen molar-refractivity contribution in [3.8, 4) is 0 Å². The molecule has 0 N–H and O–H groups in total. The Labute approximate surface area is 161 Å². The van der Waals surface area contributed by atoms with E-state index in [2.05, 4.69) is 85.0 Å². The molecule has 114 valence electrons. The summed E-state index contributed by atoms with van der Waals surface area (Å²) in [5.74, 6) is 0. The molecule has 2 aromatic carbocycles. The number of benzene rings is 2. The van der Waals surface area contributed by atoms with Gasteiger partial charge in [-0.3, -0.25) is 0 Å². The van der Waals surface area contributed by atoms with E-state index in [0.29, 0.717) is 3.63 Å². The molecule has 0 fully saturated rings. The summed E-state index contributed by atoms with van der Waals surface area (Å²) in [5.41, 5.74) is 5.91. The molecule has 1 atom stereocenters. The van der Waals surface area contributed by atoms with Crippen LogP contribution < -0.4 is 24.8 Å². The molecule has 1 unspecified atom stereocenters. The first-order valence-electron chi connectivity index (χ1n) is 7.39. The van der Waals surface area contributed by atoms with Crippen LogP contribution in [0, 0.1) is 0 Å². The van der Waals surface area contributed by atoms with Gasteiger partial charge in [-0.1, -0.05) is 0 Å². The maximum atomic E-state index is 2.42. The molecular weight excluding hydrogens is 402 g/mol. The van der Waals surface area contributed by atoms with Gasteiger partial charge in [-0.15, -0.1) is 0 Å². The van der Waals surface area contributed by atoms with Gasteiger partial charge < -0.3 is 24.8 Å². The fraction of sp³-hybridized carbons (Fsp3) is 0.100. The van der Waals surface area contributed by atoms with Crippen LogP contribution in [0.25, 0.3) is 11.6 Å². The zero-order valence-corrected chi connectivity index (χ0v) is 16.5. The topological polar surface area (TPSA) is 0 Å². The van der Waals surface area contributed by atoms with Gasteiger partial charge in [0.1, 0.15) is 0 Å². The van der Waals surface area contributed by atoms with Crippen LogP contribution in [-0.2, 0) is 23.2 Å². The summed E-state index contributed by atoms with van der Waals surface area (Å²) in [5, 5.41) is 0. The molecule has 0 amide bonds. The molecule has 0 aromatic heterocycles. The molecule has 3 heteroatoms. The smallest absolute Gasteiger partial charge is 1.00 e. The standard InChI is InChI=1S/C15H11.C5H5.2ClH.Zr/c1-2-6-12(7-3-1)15-10-13-8-4-5-9-14(13)11-15;1-2-4-5-3-1;;;/h1-11H;1-5H;2*1H;/q;;;;+2/p-2. The third-order valence-electron chi connectivity index (χ3n) is 4.14. The molecule has 0 heterocycles. The third kappa shape index (κ3) is 3.79. The van der Waals surface area contributed by atoms with Crippen molar-refractivity contribution in [1.29, 1.82) is 0 Å². The summed E-state index contributed by atoms with van der Waals surface area (Å²) in [6.07, 6.45) is 11.6. The van der Waals surface area contributed by atoms with E-state index in [9.17, 15) is 0 Å². The molecular formula is C20H16Cl2Zr. The van der Waals surface area contributed by atoms with Gasteiger partial charge in [-0.2, -0.15) is 0 Å². The van der Waals surface area contributed by atoms with Crippen LogP contribution in [0.4, 0.5) is 0 Å². The van der Waals surface area contributed by atoms with Gasteiger partial charge in [-0.25, -0.2) is 0 Å². The van der Waals surface area contributed by atoms with Gasteiger partial charge in [0.15, 0.2) is 0 Å². The Morgan fingerprint density at radius 3 is 2.13 bits per heavy atom. The average molecular weight is 418 g/mol. The van der Waals surface area contributed by atoms with E-state index in [1.807, 2.05) is 0 Å². The molecule has 0 saturated carbocycles. The SMILES string of the molecule is C1=C[CH]([Zr+2][CH]2C(c3ccccc3)=Cc3ccccc32)C=C1.[Cl-].[Cl-]. The Hall–Kier alpha value is -0.877. The summed E-state index contributed by atoms with van der Waals surface area (Å²) in [4.78, 5) is 0. The van der Waals surface area contributed by atoms with Gasteiger partial charge in [0.25, 0.3) is 0 Å². The van der Waals surface area contributed by atoms with E-state index in [4.69, 9.17) is 0 Å². The predicted molar refractivity (Wildman–Crippen MR) is 85.5 cm³/mol. The van der Waals surface area contributed by atoms with E-state index >= 15 is 0 Å². The molecule has 0 aliphatic heterocycles. The average Bonchev–Trinajstić information content (AvgIpc) is 3.17. The summed E-state index contributed by atoms with van der Waals surface area (Å²) in [6, 6.07) is 19.8. The van der Waals surface area contributed by atoms with E-state index in [1.54, 1.807) is 5.56 Å². The van der Waals surface area contributed by atoms with E-state index in [0.717, 1.165) is 3.63 Å². The van der Waals surface area contributed by atoms with Crippen molar-refractivity contribution in [2.75, 3.05) is 0 Å². The summed E-state index contributed by atoms with van der Waals surface area (Å²) >= 11 is -0.599. The molecule has 2 aliphatic carbocycles. The zero-order valence-electron chi connectivity index (χ0n) is 12.5. The minimum atomic E-state index is -0.599. The fourth-order valence-electron chi connectivity index (χ4n) is 3.12.